The first-order valence-electron chi connectivity index (χ1n) is 6.02. The molecule has 19 heavy (non-hydrogen) atoms. The fourth-order valence-corrected chi connectivity index (χ4v) is 1.53. The molecule has 0 saturated heterocycles. The molecular weight excluding hydrogens is 242 g/mol. The Balaban J connectivity index is 1.98. The second-order valence-electron chi connectivity index (χ2n) is 3.87. The van der Waals surface area contributed by atoms with Crippen LogP contribution < -0.4 is 20.5 Å². The number of nitrogens with zero attached hydrogens (tertiary/aromatic N) is 1. The number of aromatic nitrogens is 1. The fraction of sp³-hybridized carbons (Fsp3) is 0.214. The molecule has 0 unspecified atom stereocenters. The van der Waals surface area contributed by atoms with Crippen LogP contribution in [0.15, 0.2) is 42.6 Å². The molecule has 0 saturated carbocycles. The lowest BCUT2D eigenvalue weighted by Gasteiger charge is -2.08. The van der Waals surface area contributed by atoms with Gasteiger partial charge in [-0.2, -0.15) is 0 Å². The van der Waals surface area contributed by atoms with Crippen LogP contribution in [0.25, 0.3) is 0 Å². The zero-order chi connectivity index (χ0) is 13.5. The predicted molar refractivity (Wildman–Crippen MR) is 75.1 cm³/mol. The van der Waals surface area contributed by atoms with Crippen LogP contribution in [-0.2, 0) is 0 Å². The zero-order valence-electron chi connectivity index (χ0n) is 10.8. The highest BCUT2D eigenvalue weighted by Crippen LogP contribution is 2.20. The molecule has 5 heteroatoms. The van der Waals surface area contributed by atoms with Crippen molar-refractivity contribution in [3.63, 3.8) is 0 Å². The normalized spacial score (nSPS) is 10.0. The van der Waals surface area contributed by atoms with Crippen molar-refractivity contribution in [2.75, 3.05) is 25.6 Å². The zero-order valence-corrected chi connectivity index (χ0v) is 10.8. The van der Waals surface area contributed by atoms with Gasteiger partial charge < -0.3 is 20.5 Å². The Hall–Kier alpha value is -2.27. The number of hydrogen-bond donors (Lipinski definition) is 2. The number of hydrogen-bond acceptors (Lipinski definition) is 5. The van der Waals surface area contributed by atoms with E-state index in [0.29, 0.717) is 13.2 Å². The molecule has 0 spiro atoms. The van der Waals surface area contributed by atoms with E-state index < -0.39 is 0 Å². The van der Waals surface area contributed by atoms with Gasteiger partial charge in [-0.3, -0.25) is 0 Å². The van der Waals surface area contributed by atoms with Gasteiger partial charge in [0.15, 0.2) is 0 Å². The van der Waals surface area contributed by atoms with Crippen LogP contribution in [0.1, 0.15) is 0 Å². The largest absolute Gasteiger partial charge is 0.495 e. The minimum atomic E-state index is 0.510. The highest BCUT2D eigenvalue weighted by molar-refractivity contribution is 5.57. The maximum absolute atomic E-state index is 5.41. The molecule has 0 bridgehead atoms. The van der Waals surface area contributed by atoms with Gasteiger partial charge in [0.05, 0.1) is 13.3 Å². The van der Waals surface area contributed by atoms with E-state index in [2.05, 4.69) is 10.3 Å². The number of ether oxygens (including phenoxy) is 2. The van der Waals surface area contributed by atoms with E-state index in [1.165, 1.54) is 0 Å². The Morgan fingerprint density at radius 2 is 1.84 bits per heavy atom. The van der Waals surface area contributed by atoms with Crippen LogP contribution in [-0.4, -0.2) is 25.2 Å². The van der Waals surface area contributed by atoms with Gasteiger partial charge in [0.25, 0.3) is 0 Å². The second-order valence-corrected chi connectivity index (χ2v) is 3.87. The van der Waals surface area contributed by atoms with Crippen LogP contribution in [0.4, 0.5) is 11.5 Å². The number of rotatable bonds is 6. The fourth-order valence-electron chi connectivity index (χ4n) is 1.53. The van der Waals surface area contributed by atoms with Crippen molar-refractivity contribution in [2.24, 2.45) is 5.73 Å². The molecule has 0 aliphatic rings. The molecule has 1 aromatic heterocycles. The number of nitrogens with two attached hydrogens (primary N) is 1. The molecule has 2 rings (SSSR count). The van der Waals surface area contributed by atoms with Crippen molar-refractivity contribution in [1.29, 1.82) is 0 Å². The SMILES string of the molecule is COc1ccc(Nc2ccc(OCCN)cc2)nc1. The Morgan fingerprint density at radius 3 is 2.42 bits per heavy atom. The summed E-state index contributed by atoms with van der Waals surface area (Å²) in [6, 6.07) is 11.4. The number of nitrogens with one attached hydrogen (secondary N) is 1. The molecule has 0 fully saturated rings. The summed E-state index contributed by atoms with van der Waals surface area (Å²) >= 11 is 0. The lowest BCUT2D eigenvalue weighted by atomic mass is 10.3. The molecule has 1 aromatic carbocycles. The molecular formula is C14H17N3O2. The van der Waals surface area contributed by atoms with E-state index in [1.54, 1.807) is 13.3 Å². The first kappa shape index (κ1) is 13.2. The van der Waals surface area contributed by atoms with Crippen molar-refractivity contribution in [3.05, 3.63) is 42.6 Å². The van der Waals surface area contributed by atoms with Crippen molar-refractivity contribution in [3.8, 4) is 11.5 Å². The van der Waals surface area contributed by atoms with Crippen LogP contribution >= 0.6 is 0 Å². The average molecular weight is 259 g/mol. The number of pyridine rings is 1. The van der Waals surface area contributed by atoms with E-state index in [0.717, 1.165) is 23.0 Å². The van der Waals surface area contributed by atoms with Crippen molar-refractivity contribution in [2.45, 2.75) is 0 Å². The van der Waals surface area contributed by atoms with E-state index in [1.807, 2.05) is 36.4 Å². The third-order valence-electron chi connectivity index (χ3n) is 2.49. The number of methoxy groups -OCH3 is 1. The third kappa shape index (κ3) is 3.86. The monoisotopic (exact) mass is 259 g/mol. The van der Waals surface area contributed by atoms with Gasteiger partial charge in [0.2, 0.25) is 0 Å². The molecule has 0 aliphatic heterocycles. The molecule has 1 heterocycles. The molecule has 3 N–H and O–H groups in total. The minimum absolute atomic E-state index is 0.510. The van der Waals surface area contributed by atoms with E-state index >= 15 is 0 Å². The average Bonchev–Trinajstić information content (AvgIpc) is 2.47. The summed E-state index contributed by atoms with van der Waals surface area (Å²) in [7, 11) is 1.62. The van der Waals surface area contributed by atoms with Crippen LogP contribution in [0, 0.1) is 0 Å². The van der Waals surface area contributed by atoms with Gasteiger partial charge in [-0.1, -0.05) is 0 Å². The van der Waals surface area contributed by atoms with Crippen LogP contribution in [0.5, 0.6) is 11.5 Å². The van der Waals surface area contributed by atoms with E-state index in [-0.39, 0.29) is 0 Å². The standard InChI is InChI=1S/C14H17N3O2/c1-18-13-6-7-14(16-10-13)17-11-2-4-12(5-3-11)19-9-8-15/h2-7,10H,8-9,15H2,1H3,(H,16,17). The maximum atomic E-state index is 5.41. The van der Waals surface area contributed by atoms with Gasteiger partial charge in [0, 0.05) is 12.2 Å². The van der Waals surface area contributed by atoms with Crippen molar-refractivity contribution >= 4 is 11.5 Å². The molecule has 0 aliphatic carbocycles. The van der Waals surface area contributed by atoms with E-state index in [4.69, 9.17) is 15.2 Å². The van der Waals surface area contributed by atoms with Gasteiger partial charge >= 0.3 is 0 Å². The van der Waals surface area contributed by atoms with Gasteiger partial charge in [-0.15, -0.1) is 0 Å². The highest BCUT2D eigenvalue weighted by atomic mass is 16.5. The Labute approximate surface area is 112 Å². The first-order valence-corrected chi connectivity index (χ1v) is 6.02. The summed E-state index contributed by atoms with van der Waals surface area (Å²) in [6.07, 6.45) is 1.67. The molecule has 2 aromatic rings. The van der Waals surface area contributed by atoms with Gasteiger partial charge in [-0.05, 0) is 36.4 Å². The number of benzene rings is 1. The highest BCUT2D eigenvalue weighted by Gasteiger charge is 1.98. The molecule has 0 amide bonds. The third-order valence-corrected chi connectivity index (χ3v) is 2.49. The topological polar surface area (TPSA) is 69.4 Å². The molecule has 0 radical (unpaired) electrons. The summed E-state index contributed by atoms with van der Waals surface area (Å²) in [5.41, 5.74) is 6.32. The Kier molecular flexibility index (Phi) is 4.58. The summed E-state index contributed by atoms with van der Waals surface area (Å²) in [4.78, 5) is 4.23. The quantitative estimate of drug-likeness (QED) is 0.832. The van der Waals surface area contributed by atoms with Gasteiger partial charge in [-0.25, -0.2) is 4.98 Å². The van der Waals surface area contributed by atoms with Crippen molar-refractivity contribution < 1.29 is 9.47 Å². The molecule has 0 atom stereocenters. The lowest BCUT2D eigenvalue weighted by Crippen LogP contribution is -2.10. The van der Waals surface area contributed by atoms with Crippen LogP contribution in [0.3, 0.4) is 0 Å². The summed E-state index contributed by atoms with van der Waals surface area (Å²) in [5.74, 6) is 2.30. The van der Waals surface area contributed by atoms with Crippen LogP contribution in [0.2, 0.25) is 0 Å². The van der Waals surface area contributed by atoms with Crippen molar-refractivity contribution in [1.82, 2.24) is 4.98 Å². The molecule has 100 valence electrons. The number of anilines is 2. The molecule has 5 nitrogen and oxygen atoms in total. The Bertz CT molecular complexity index is 497. The summed E-state index contributed by atoms with van der Waals surface area (Å²) in [6.45, 7) is 1.03. The smallest absolute Gasteiger partial charge is 0.137 e. The van der Waals surface area contributed by atoms with Gasteiger partial charge in [0.1, 0.15) is 23.9 Å². The Morgan fingerprint density at radius 1 is 1.11 bits per heavy atom. The lowest BCUT2D eigenvalue weighted by molar-refractivity contribution is 0.328. The second kappa shape index (κ2) is 6.61. The maximum Gasteiger partial charge on any atom is 0.137 e. The minimum Gasteiger partial charge on any atom is -0.495 e. The van der Waals surface area contributed by atoms with E-state index in [9.17, 15) is 0 Å². The predicted octanol–water partition coefficient (Wildman–Crippen LogP) is 2.17. The summed E-state index contributed by atoms with van der Waals surface area (Å²) < 4.78 is 10.5. The first-order chi connectivity index (χ1) is 9.31. The summed E-state index contributed by atoms with van der Waals surface area (Å²) in [5, 5.41) is 3.19.